The quantitative estimate of drug-likeness (QED) is 0.756. The smallest absolute Gasteiger partial charge is 0.255 e. The van der Waals surface area contributed by atoms with Gasteiger partial charge >= 0.3 is 0 Å². The lowest BCUT2D eigenvalue weighted by atomic mass is 10.1. The van der Waals surface area contributed by atoms with E-state index in [4.69, 9.17) is 0 Å². The third kappa shape index (κ3) is 2.64. The summed E-state index contributed by atoms with van der Waals surface area (Å²) in [5.74, 6) is -0.413. The molecule has 1 aromatic carbocycles. The second kappa shape index (κ2) is 6.31. The Hall–Kier alpha value is -3.00. The molecule has 1 unspecified atom stereocenters. The maximum Gasteiger partial charge on any atom is 0.255 e. The number of carbonyl (C=O) groups excluding carboxylic acids is 2. The molecule has 2 aromatic heterocycles. The van der Waals surface area contributed by atoms with Crippen LogP contribution in [0.1, 0.15) is 39.8 Å². The summed E-state index contributed by atoms with van der Waals surface area (Å²) in [4.78, 5) is 36.5. The van der Waals surface area contributed by atoms with E-state index in [1.807, 2.05) is 24.3 Å². The van der Waals surface area contributed by atoms with Gasteiger partial charge in [0.15, 0.2) is 11.2 Å². The topological polar surface area (TPSA) is 80.1 Å². The van der Waals surface area contributed by atoms with Crippen molar-refractivity contribution in [2.24, 2.45) is 0 Å². The van der Waals surface area contributed by atoms with Crippen LogP contribution in [0.25, 0.3) is 0 Å². The minimum Gasteiger partial charge on any atom is -0.334 e. The van der Waals surface area contributed by atoms with Crippen molar-refractivity contribution < 1.29 is 9.59 Å². The maximum absolute atomic E-state index is 13.2. The van der Waals surface area contributed by atoms with E-state index >= 15 is 0 Å². The van der Waals surface area contributed by atoms with E-state index in [0.717, 1.165) is 30.6 Å². The molecule has 0 saturated heterocycles. The van der Waals surface area contributed by atoms with Gasteiger partial charge in [0.1, 0.15) is 0 Å². The molecular weight excluding hydrogens is 362 g/mol. The highest BCUT2D eigenvalue weighted by Gasteiger charge is 2.40. The molecule has 2 amide bonds. The average molecular weight is 379 g/mol. The summed E-state index contributed by atoms with van der Waals surface area (Å²) >= 11 is 1.35. The normalized spacial score (nSPS) is 16.3. The molecule has 27 heavy (non-hydrogen) atoms. The van der Waals surface area contributed by atoms with Crippen molar-refractivity contribution in [1.82, 2.24) is 19.4 Å². The molecule has 7 nitrogen and oxygen atoms in total. The SMILES string of the molecule is O=C(Nc1nccs1)C(c1ncn2c1CCC2)N1Cc2ccccc2C1=O. The number of hydrogen-bond donors (Lipinski definition) is 1. The van der Waals surface area contributed by atoms with Crippen LogP contribution in [0.4, 0.5) is 5.13 Å². The zero-order chi connectivity index (χ0) is 18.4. The average Bonchev–Trinajstić information content (AvgIpc) is 3.43. The first-order chi connectivity index (χ1) is 13.2. The van der Waals surface area contributed by atoms with Gasteiger partial charge in [-0.25, -0.2) is 9.97 Å². The first-order valence-corrected chi connectivity index (χ1v) is 9.73. The number of nitrogens with zero attached hydrogens (tertiary/aromatic N) is 4. The second-order valence-corrected chi connectivity index (χ2v) is 7.59. The Kier molecular flexibility index (Phi) is 3.78. The zero-order valence-corrected chi connectivity index (χ0v) is 15.3. The first-order valence-electron chi connectivity index (χ1n) is 8.85. The van der Waals surface area contributed by atoms with Crippen molar-refractivity contribution in [3.8, 4) is 0 Å². The number of anilines is 1. The highest BCUT2D eigenvalue weighted by Crippen LogP contribution is 2.34. The van der Waals surface area contributed by atoms with Crippen molar-refractivity contribution in [3.05, 3.63) is 64.7 Å². The van der Waals surface area contributed by atoms with Gasteiger partial charge in [0.05, 0.1) is 12.0 Å². The van der Waals surface area contributed by atoms with Crippen LogP contribution in [0.2, 0.25) is 0 Å². The van der Waals surface area contributed by atoms with Crippen LogP contribution in [0, 0.1) is 0 Å². The molecule has 5 rings (SSSR count). The van der Waals surface area contributed by atoms with Gasteiger partial charge in [-0.3, -0.25) is 14.9 Å². The van der Waals surface area contributed by atoms with E-state index in [2.05, 4.69) is 19.9 Å². The molecule has 8 heteroatoms. The summed E-state index contributed by atoms with van der Waals surface area (Å²) in [6.45, 7) is 1.30. The predicted octanol–water partition coefficient (Wildman–Crippen LogP) is 2.62. The molecule has 4 heterocycles. The molecule has 0 radical (unpaired) electrons. The monoisotopic (exact) mass is 379 g/mol. The highest BCUT2D eigenvalue weighted by molar-refractivity contribution is 7.13. The minimum absolute atomic E-state index is 0.135. The molecule has 1 N–H and O–H groups in total. The highest BCUT2D eigenvalue weighted by atomic mass is 32.1. The zero-order valence-electron chi connectivity index (χ0n) is 14.5. The predicted molar refractivity (Wildman–Crippen MR) is 100 cm³/mol. The molecule has 0 fully saturated rings. The van der Waals surface area contributed by atoms with Crippen LogP contribution < -0.4 is 5.32 Å². The first kappa shape index (κ1) is 16.2. The van der Waals surface area contributed by atoms with Gasteiger partial charge in [-0.2, -0.15) is 0 Å². The maximum atomic E-state index is 13.2. The van der Waals surface area contributed by atoms with Gasteiger partial charge in [-0.15, -0.1) is 11.3 Å². The lowest BCUT2D eigenvalue weighted by Crippen LogP contribution is -2.38. The molecule has 0 aliphatic carbocycles. The lowest BCUT2D eigenvalue weighted by Gasteiger charge is -2.26. The van der Waals surface area contributed by atoms with Gasteiger partial charge in [-0.05, 0) is 24.5 Å². The Bertz CT molecular complexity index is 1030. The van der Waals surface area contributed by atoms with Crippen LogP contribution in [-0.4, -0.2) is 31.2 Å². The van der Waals surface area contributed by atoms with Crippen molar-refractivity contribution in [3.63, 3.8) is 0 Å². The minimum atomic E-state index is -0.775. The van der Waals surface area contributed by atoms with E-state index in [9.17, 15) is 9.59 Å². The van der Waals surface area contributed by atoms with Crippen molar-refractivity contribution in [2.75, 3.05) is 5.32 Å². The summed E-state index contributed by atoms with van der Waals surface area (Å²) < 4.78 is 2.08. The molecule has 0 saturated carbocycles. The van der Waals surface area contributed by atoms with E-state index in [-0.39, 0.29) is 11.8 Å². The Morgan fingerprint density at radius 1 is 1.26 bits per heavy atom. The number of aryl methyl sites for hydroxylation is 1. The van der Waals surface area contributed by atoms with Crippen LogP contribution in [0.3, 0.4) is 0 Å². The van der Waals surface area contributed by atoms with Gasteiger partial charge < -0.3 is 9.47 Å². The Labute approximate surface area is 159 Å². The van der Waals surface area contributed by atoms with Crippen molar-refractivity contribution >= 4 is 28.3 Å². The number of hydrogen-bond acceptors (Lipinski definition) is 5. The van der Waals surface area contributed by atoms with Crippen molar-refractivity contribution in [1.29, 1.82) is 0 Å². The fourth-order valence-electron chi connectivity index (χ4n) is 3.89. The van der Waals surface area contributed by atoms with E-state index in [0.29, 0.717) is 22.9 Å². The van der Waals surface area contributed by atoms with Crippen molar-refractivity contribution in [2.45, 2.75) is 32.0 Å². The molecular formula is C19H17N5O2S. The summed E-state index contributed by atoms with van der Waals surface area (Å²) in [6.07, 6.45) is 5.31. The summed E-state index contributed by atoms with van der Waals surface area (Å²) in [6, 6.07) is 6.72. The molecule has 1 atom stereocenters. The van der Waals surface area contributed by atoms with Gasteiger partial charge in [0.2, 0.25) is 0 Å². The van der Waals surface area contributed by atoms with E-state index in [1.54, 1.807) is 22.8 Å². The number of rotatable bonds is 4. The van der Waals surface area contributed by atoms with Crippen LogP contribution in [-0.2, 0) is 24.3 Å². The fraction of sp³-hybridized carbons (Fsp3) is 0.263. The third-order valence-corrected chi connectivity index (χ3v) is 5.81. The van der Waals surface area contributed by atoms with Gasteiger partial charge in [-0.1, -0.05) is 18.2 Å². The molecule has 2 aliphatic heterocycles. The number of nitrogens with one attached hydrogen (secondary N) is 1. The van der Waals surface area contributed by atoms with Crippen LogP contribution in [0.15, 0.2) is 42.2 Å². The van der Waals surface area contributed by atoms with E-state index < -0.39 is 6.04 Å². The number of amides is 2. The lowest BCUT2D eigenvalue weighted by molar-refractivity contribution is -0.121. The standard InChI is InChI=1S/C19H17N5O2S/c25-17(22-19-20-7-9-27-19)16(15-14-6-3-8-23(14)11-21-15)24-10-12-4-1-2-5-13(12)18(24)26/h1-2,4-5,7,9,11,16H,3,6,8,10H2,(H,20,22,25). The molecule has 2 aliphatic rings. The third-order valence-electron chi connectivity index (χ3n) is 5.12. The number of aromatic nitrogens is 3. The van der Waals surface area contributed by atoms with Crippen LogP contribution >= 0.6 is 11.3 Å². The number of imidazole rings is 1. The Morgan fingerprint density at radius 2 is 2.15 bits per heavy atom. The summed E-state index contributed by atoms with van der Waals surface area (Å²) in [7, 11) is 0. The largest absolute Gasteiger partial charge is 0.334 e. The Morgan fingerprint density at radius 3 is 2.96 bits per heavy atom. The van der Waals surface area contributed by atoms with E-state index in [1.165, 1.54) is 11.3 Å². The number of carbonyl (C=O) groups is 2. The fourth-order valence-corrected chi connectivity index (χ4v) is 4.42. The molecule has 0 spiro atoms. The molecule has 0 bridgehead atoms. The van der Waals surface area contributed by atoms with Gasteiger partial charge in [0, 0.05) is 35.9 Å². The molecule has 3 aromatic rings. The molecule has 136 valence electrons. The second-order valence-electron chi connectivity index (χ2n) is 6.69. The van der Waals surface area contributed by atoms with Gasteiger partial charge in [0.25, 0.3) is 11.8 Å². The number of thiazole rings is 1. The number of benzene rings is 1. The number of fused-ring (bicyclic) bond motifs is 2. The summed E-state index contributed by atoms with van der Waals surface area (Å²) in [5.41, 5.74) is 3.30. The van der Waals surface area contributed by atoms with Crippen LogP contribution in [0.5, 0.6) is 0 Å². The Balaban J connectivity index is 1.54. The summed E-state index contributed by atoms with van der Waals surface area (Å²) in [5, 5.41) is 5.17.